The molecule has 0 aromatic carbocycles. The molecule has 0 aliphatic carbocycles. The normalized spacial score (nSPS) is 5.11. The summed E-state index contributed by atoms with van der Waals surface area (Å²) in [6.45, 7) is -0.500. The molecule has 5 heteroatoms. The fourth-order valence-electron chi connectivity index (χ4n) is 0. The Kier molecular flexibility index (Phi) is 27.5. The molecule has 0 aliphatic rings. The van der Waals surface area contributed by atoms with E-state index in [-0.39, 0.29) is 18.9 Å². The Balaban J connectivity index is -0.0000000800. The van der Waals surface area contributed by atoms with Crippen molar-refractivity contribution in [3.05, 3.63) is 0 Å². The third kappa shape index (κ3) is 97.8. The minimum Gasteiger partial charge on any atom is -0.554 e. The van der Waals surface area contributed by atoms with Crippen LogP contribution in [0, 0.1) is 0 Å². The molecule has 0 saturated heterocycles. The molecule has 0 aromatic rings. The van der Waals surface area contributed by atoms with Crippen molar-refractivity contribution in [3.8, 4) is 0 Å². The second kappa shape index (κ2) is 15.6. The SMILES string of the molecule is CN(C)C=O.O=C[O-].[Li+]. The molecule has 0 fully saturated rings. The van der Waals surface area contributed by atoms with Crippen LogP contribution < -0.4 is 24.0 Å². The zero-order chi connectivity index (χ0) is 6.99. The van der Waals surface area contributed by atoms with E-state index in [4.69, 9.17) is 9.90 Å². The molecule has 1 amide bonds. The molecule has 0 N–H and O–H groups in total. The monoisotopic (exact) mass is 125 g/mol. The van der Waals surface area contributed by atoms with E-state index in [1.165, 1.54) is 4.90 Å². The third-order valence-corrected chi connectivity index (χ3v) is 0.211. The Hall–Kier alpha value is -0.463. The minimum atomic E-state index is -0.500. The number of carbonyl (C=O) groups is 2. The quantitative estimate of drug-likeness (QED) is 0.260. The number of carbonyl (C=O) groups excluding carboxylic acids is 2. The first-order valence-electron chi connectivity index (χ1n) is 1.86. The molecule has 0 aliphatic heterocycles. The summed E-state index contributed by atoms with van der Waals surface area (Å²) in [5.74, 6) is 0. The average molecular weight is 125 g/mol. The van der Waals surface area contributed by atoms with Gasteiger partial charge in [-0.2, -0.15) is 0 Å². The van der Waals surface area contributed by atoms with Crippen molar-refractivity contribution in [2.24, 2.45) is 0 Å². The molecule has 0 aromatic heterocycles. The van der Waals surface area contributed by atoms with E-state index in [2.05, 4.69) is 0 Å². The van der Waals surface area contributed by atoms with E-state index >= 15 is 0 Å². The van der Waals surface area contributed by atoms with Crippen LogP contribution in [0.15, 0.2) is 0 Å². The van der Waals surface area contributed by atoms with E-state index in [0.717, 1.165) is 6.41 Å². The van der Waals surface area contributed by atoms with E-state index in [0.29, 0.717) is 0 Å². The molecule has 0 spiro atoms. The maximum absolute atomic E-state index is 9.43. The third-order valence-electron chi connectivity index (χ3n) is 0.211. The van der Waals surface area contributed by atoms with Crippen molar-refractivity contribution in [1.82, 2.24) is 4.90 Å². The van der Waals surface area contributed by atoms with Crippen LogP contribution in [0.5, 0.6) is 0 Å². The zero-order valence-electron chi connectivity index (χ0n) is 5.83. The summed E-state index contributed by atoms with van der Waals surface area (Å²) >= 11 is 0. The molecule has 0 unspecified atom stereocenters. The summed E-state index contributed by atoms with van der Waals surface area (Å²) in [7, 11) is 3.38. The molecule has 0 rings (SSSR count). The second-order valence-electron chi connectivity index (χ2n) is 1.17. The number of amides is 1. The molecule has 9 heavy (non-hydrogen) atoms. The number of rotatable bonds is 1. The Morgan fingerprint density at radius 3 is 1.44 bits per heavy atom. The van der Waals surface area contributed by atoms with Crippen LogP contribution in [0.1, 0.15) is 0 Å². The molecule has 0 heterocycles. The average Bonchev–Trinajstić information content (AvgIpc) is 1.69. The molecular formula is C4H8LiNO3. The van der Waals surface area contributed by atoms with Gasteiger partial charge in [0.1, 0.15) is 0 Å². The van der Waals surface area contributed by atoms with Gasteiger partial charge in [0.25, 0.3) is 0 Å². The van der Waals surface area contributed by atoms with Gasteiger partial charge in [0, 0.05) is 20.6 Å². The van der Waals surface area contributed by atoms with Crippen molar-refractivity contribution in [3.63, 3.8) is 0 Å². The molecular weight excluding hydrogens is 117 g/mol. The first-order chi connectivity index (χ1) is 3.68. The van der Waals surface area contributed by atoms with Gasteiger partial charge in [0.2, 0.25) is 6.41 Å². The van der Waals surface area contributed by atoms with E-state index in [1.54, 1.807) is 14.1 Å². The maximum Gasteiger partial charge on any atom is 1.00 e. The largest absolute Gasteiger partial charge is 1.00 e. The molecule has 0 atom stereocenters. The molecule has 48 valence electrons. The van der Waals surface area contributed by atoms with Gasteiger partial charge < -0.3 is 14.8 Å². The summed E-state index contributed by atoms with van der Waals surface area (Å²) in [6.07, 6.45) is 0.750. The van der Waals surface area contributed by atoms with Crippen LogP contribution in [0.3, 0.4) is 0 Å². The minimum absolute atomic E-state index is 0. The van der Waals surface area contributed by atoms with Crippen LogP contribution in [0.2, 0.25) is 0 Å². The van der Waals surface area contributed by atoms with Gasteiger partial charge >= 0.3 is 18.9 Å². The first-order valence-corrected chi connectivity index (χ1v) is 1.86. The van der Waals surface area contributed by atoms with Gasteiger partial charge in [-0.15, -0.1) is 0 Å². The molecule has 0 bridgehead atoms. The van der Waals surface area contributed by atoms with Crippen molar-refractivity contribution < 1.29 is 33.6 Å². The van der Waals surface area contributed by atoms with E-state index in [9.17, 15) is 4.79 Å². The first kappa shape index (κ1) is 15.8. The fourth-order valence-corrected chi connectivity index (χ4v) is 0. The zero-order valence-corrected chi connectivity index (χ0v) is 5.83. The Bertz CT molecular complexity index is 66.8. The topological polar surface area (TPSA) is 60.4 Å². The van der Waals surface area contributed by atoms with Crippen LogP contribution in [-0.2, 0) is 9.59 Å². The predicted octanol–water partition coefficient (Wildman–Crippen LogP) is -4.93. The summed E-state index contributed by atoms with van der Waals surface area (Å²) in [6, 6.07) is 0. The van der Waals surface area contributed by atoms with E-state index < -0.39 is 6.47 Å². The smallest absolute Gasteiger partial charge is 0.554 e. The maximum atomic E-state index is 9.43. The predicted molar refractivity (Wildman–Crippen MR) is 25.8 cm³/mol. The van der Waals surface area contributed by atoms with Gasteiger partial charge in [-0.3, -0.25) is 4.79 Å². The van der Waals surface area contributed by atoms with Gasteiger partial charge in [-0.25, -0.2) is 0 Å². The Morgan fingerprint density at radius 2 is 1.44 bits per heavy atom. The molecule has 0 radical (unpaired) electrons. The van der Waals surface area contributed by atoms with Crippen LogP contribution >= 0.6 is 0 Å². The van der Waals surface area contributed by atoms with Crippen molar-refractivity contribution >= 4 is 12.9 Å². The summed E-state index contributed by atoms with van der Waals surface area (Å²) in [4.78, 5) is 19.1. The van der Waals surface area contributed by atoms with Gasteiger partial charge in [-0.1, -0.05) is 0 Å². The summed E-state index contributed by atoms with van der Waals surface area (Å²) in [5.41, 5.74) is 0. The Labute approximate surface area is 66.0 Å². The Morgan fingerprint density at radius 1 is 1.33 bits per heavy atom. The number of carboxylic acid groups (broad SMARTS) is 1. The van der Waals surface area contributed by atoms with Gasteiger partial charge in [0.05, 0.1) is 0 Å². The fraction of sp³-hybridized carbons (Fsp3) is 0.500. The number of nitrogens with zero attached hydrogens (tertiary/aromatic N) is 1. The number of hydrogen-bond donors (Lipinski definition) is 0. The summed E-state index contributed by atoms with van der Waals surface area (Å²) < 4.78 is 0. The van der Waals surface area contributed by atoms with Crippen LogP contribution in [0.25, 0.3) is 0 Å². The summed E-state index contributed by atoms with van der Waals surface area (Å²) in [5, 5.41) is 8.25. The van der Waals surface area contributed by atoms with Crippen LogP contribution in [-0.4, -0.2) is 31.9 Å². The van der Waals surface area contributed by atoms with Crippen molar-refractivity contribution in [1.29, 1.82) is 0 Å². The molecule has 0 saturated carbocycles. The van der Waals surface area contributed by atoms with Crippen LogP contribution in [0.4, 0.5) is 0 Å². The second-order valence-corrected chi connectivity index (χ2v) is 1.17. The standard InChI is InChI=1S/C3H7NO.CH2O2.Li/c1-4(2)3-5;2-1-3;/h3H,1-2H3;1H,(H,2,3);/q;;+1/p-1. The van der Waals surface area contributed by atoms with Crippen molar-refractivity contribution in [2.45, 2.75) is 0 Å². The van der Waals surface area contributed by atoms with E-state index in [1.807, 2.05) is 0 Å². The van der Waals surface area contributed by atoms with Crippen molar-refractivity contribution in [2.75, 3.05) is 14.1 Å². The molecule has 4 nitrogen and oxygen atoms in total. The van der Waals surface area contributed by atoms with Gasteiger partial charge in [-0.05, 0) is 0 Å². The van der Waals surface area contributed by atoms with Gasteiger partial charge in [0.15, 0.2) is 0 Å². The number of hydrogen-bond acceptors (Lipinski definition) is 3.